The lowest BCUT2D eigenvalue weighted by Crippen LogP contribution is -2.18. The van der Waals surface area contributed by atoms with E-state index in [0.29, 0.717) is 79.7 Å². The van der Waals surface area contributed by atoms with E-state index in [9.17, 15) is 24.3 Å². The number of aryl methyl sites for hydroxylation is 4. The van der Waals surface area contributed by atoms with E-state index in [1.165, 1.54) is 37.5 Å². The maximum Gasteiger partial charge on any atom is 0.297 e. The van der Waals surface area contributed by atoms with Crippen LogP contribution in [-0.4, -0.2) is 77.8 Å². The van der Waals surface area contributed by atoms with Crippen LogP contribution in [0, 0.1) is 13.8 Å². The number of imidazole rings is 1. The molecule has 0 fully saturated rings. The van der Waals surface area contributed by atoms with Crippen molar-refractivity contribution in [2.45, 2.75) is 67.1 Å². The molecule has 0 aliphatic rings. The number of thiazole rings is 1. The molecular formula is C39H43N9O8S. The van der Waals surface area contributed by atoms with Crippen LogP contribution in [0.3, 0.4) is 0 Å². The Morgan fingerprint density at radius 3 is 2.40 bits per heavy atom. The van der Waals surface area contributed by atoms with Crippen LogP contribution >= 0.6 is 11.3 Å². The maximum absolute atomic E-state index is 13.6. The lowest BCUT2D eigenvalue weighted by atomic mass is 10.1. The van der Waals surface area contributed by atoms with Gasteiger partial charge in [0.2, 0.25) is 17.6 Å². The molecular weight excluding hydrogens is 755 g/mol. The zero-order valence-corrected chi connectivity index (χ0v) is 33.2. The van der Waals surface area contributed by atoms with E-state index < -0.39 is 17.7 Å². The number of fused-ring (bicyclic) bond motifs is 2. The minimum atomic E-state index is -0.700. The molecule has 4 N–H and O–H groups in total. The maximum atomic E-state index is 13.6. The molecule has 6 rings (SSSR count). The summed E-state index contributed by atoms with van der Waals surface area (Å²) in [6.07, 6.45) is 4.47. The smallest absolute Gasteiger partial charge is 0.297 e. The first-order valence-electron chi connectivity index (χ1n) is 18.2. The number of aliphatic hydroxyl groups excluding tert-OH is 1. The molecule has 0 aliphatic heterocycles. The van der Waals surface area contributed by atoms with Crippen molar-refractivity contribution in [2.75, 3.05) is 25.6 Å². The van der Waals surface area contributed by atoms with E-state index in [0.717, 1.165) is 0 Å². The highest BCUT2D eigenvalue weighted by Crippen LogP contribution is 2.33. The minimum Gasteiger partial charge on any atom is -0.494 e. The number of Topliss-reactive ketones (excluding diaryl/α,β-unsaturated/α-hetero) is 1. The molecule has 0 spiro atoms. The molecule has 17 nitrogen and oxygen atoms in total. The van der Waals surface area contributed by atoms with Crippen LogP contribution in [0.25, 0.3) is 21.3 Å². The van der Waals surface area contributed by atoms with E-state index in [2.05, 4.69) is 25.4 Å². The van der Waals surface area contributed by atoms with Gasteiger partial charge in [0, 0.05) is 50.7 Å². The van der Waals surface area contributed by atoms with Crippen molar-refractivity contribution in [2.24, 2.45) is 10.7 Å². The monoisotopic (exact) mass is 797 g/mol. The molecule has 298 valence electrons. The summed E-state index contributed by atoms with van der Waals surface area (Å²) in [6, 6.07) is 8.10. The highest BCUT2D eigenvalue weighted by atomic mass is 32.1. The van der Waals surface area contributed by atoms with Crippen molar-refractivity contribution < 1.29 is 38.2 Å². The molecule has 6 aromatic rings. The number of ether oxygens (including phenoxy) is 2. The van der Waals surface area contributed by atoms with E-state index in [4.69, 9.17) is 19.6 Å². The number of aliphatic hydroxyl groups is 1. The van der Waals surface area contributed by atoms with Crippen LogP contribution in [0.1, 0.15) is 86.2 Å². The number of methoxy groups -OCH3 is 1. The van der Waals surface area contributed by atoms with Crippen molar-refractivity contribution in [1.29, 1.82) is 0 Å². The van der Waals surface area contributed by atoms with E-state index in [-0.39, 0.29) is 55.1 Å². The third-order valence-corrected chi connectivity index (χ3v) is 9.98. The third kappa shape index (κ3) is 8.41. The zero-order valence-electron chi connectivity index (χ0n) is 32.4. The van der Waals surface area contributed by atoms with Gasteiger partial charge in [-0.1, -0.05) is 30.4 Å². The lowest BCUT2D eigenvalue weighted by Gasteiger charge is -2.12. The summed E-state index contributed by atoms with van der Waals surface area (Å²) in [5.74, 6) is -0.679. The van der Waals surface area contributed by atoms with Gasteiger partial charge in [0.25, 0.3) is 11.8 Å². The number of oxazole rings is 1. The van der Waals surface area contributed by atoms with E-state index in [1.54, 1.807) is 41.3 Å². The fraction of sp³-hybridized carbons (Fsp3) is 0.333. The highest BCUT2D eigenvalue weighted by molar-refractivity contribution is 7.16. The van der Waals surface area contributed by atoms with Crippen molar-refractivity contribution in [3.63, 3.8) is 0 Å². The number of anilines is 1. The van der Waals surface area contributed by atoms with Gasteiger partial charge >= 0.3 is 0 Å². The second-order valence-electron chi connectivity index (χ2n) is 12.9. The average molecular weight is 798 g/mol. The summed E-state index contributed by atoms with van der Waals surface area (Å²) in [7, 11) is 1.51. The van der Waals surface area contributed by atoms with Gasteiger partial charge in [-0.15, -0.1) is 0 Å². The number of hydrogen-bond acceptors (Lipinski definition) is 12. The van der Waals surface area contributed by atoms with Crippen LogP contribution < -0.4 is 25.3 Å². The molecule has 4 aromatic heterocycles. The third-order valence-electron chi connectivity index (χ3n) is 8.95. The summed E-state index contributed by atoms with van der Waals surface area (Å²) in [5, 5.41) is 16.7. The van der Waals surface area contributed by atoms with Gasteiger partial charge in [0.15, 0.2) is 16.5 Å². The first-order chi connectivity index (χ1) is 27.4. The number of carbonyl (C=O) groups excluding carboxylic acids is 4. The summed E-state index contributed by atoms with van der Waals surface area (Å²) >= 11 is 1.24. The summed E-state index contributed by atoms with van der Waals surface area (Å²) in [5.41, 5.74) is 9.18. The molecule has 0 aliphatic carbocycles. The summed E-state index contributed by atoms with van der Waals surface area (Å²) in [6.45, 7) is 9.53. The standard InChI is InChI=1S/C39H43N9O8S/c1-7-26-34(56-23(5)41-26)37(53)43-38-42-27-17-25(35(40)51)19-30(55-15-11-14-49)32(27)46(38)12-9-10-13-47-33-29(54-6)18-24(22(4)50)20-31(33)57-39(47)44-36(52)28-16-21(3)45-48(28)8-2/h9-10,16-20,49H,7-8,11-15H2,1-6H3,(H2,40,51)(H,42,43,53)/b10-9+,44-39?. The minimum absolute atomic E-state index is 0.0481. The van der Waals surface area contributed by atoms with Crippen molar-refractivity contribution in [1.82, 2.24) is 28.9 Å². The fourth-order valence-electron chi connectivity index (χ4n) is 6.30. The first-order valence-corrected chi connectivity index (χ1v) is 19.0. The Morgan fingerprint density at radius 2 is 1.74 bits per heavy atom. The number of aromatic nitrogens is 6. The van der Waals surface area contributed by atoms with Crippen molar-refractivity contribution in [3.8, 4) is 11.5 Å². The molecule has 57 heavy (non-hydrogen) atoms. The SMILES string of the molecule is CCc1nc(C)oc1C(=O)Nc1nc2cc(C(N)=O)cc(OCCCO)c2n1C/C=C/Cn1c(=NC(=O)c2cc(C)nn2CC)sc2cc(C(C)=O)cc(OC)c21. The largest absolute Gasteiger partial charge is 0.494 e. The molecule has 0 atom stereocenters. The van der Waals surface area contributed by atoms with Crippen molar-refractivity contribution in [3.05, 3.63) is 87.1 Å². The second kappa shape index (κ2) is 17.2. The zero-order chi connectivity index (χ0) is 41.0. The van der Waals surface area contributed by atoms with Gasteiger partial charge in [-0.25, -0.2) is 9.97 Å². The van der Waals surface area contributed by atoms with Crippen LogP contribution in [0.15, 0.2) is 51.9 Å². The number of primary amides is 1. The molecule has 0 unspecified atom stereocenters. The van der Waals surface area contributed by atoms with Crippen LogP contribution in [0.5, 0.6) is 11.5 Å². The molecule has 0 saturated carbocycles. The number of benzene rings is 2. The Bertz CT molecular complexity index is 2620. The quantitative estimate of drug-likeness (QED) is 0.0688. The molecule has 2 aromatic carbocycles. The van der Waals surface area contributed by atoms with E-state index in [1.807, 2.05) is 30.6 Å². The van der Waals surface area contributed by atoms with Gasteiger partial charge in [0.05, 0.1) is 35.3 Å². The van der Waals surface area contributed by atoms with Crippen molar-refractivity contribution >= 4 is 62.0 Å². The number of nitrogens with one attached hydrogen (secondary N) is 1. The van der Waals surface area contributed by atoms with Crippen LogP contribution in [0.4, 0.5) is 5.95 Å². The Kier molecular flexibility index (Phi) is 12.1. The molecule has 0 saturated heterocycles. The number of rotatable bonds is 16. The normalized spacial score (nSPS) is 11.9. The van der Waals surface area contributed by atoms with Gasteiger partial charge in [0.1, 0.15) is 28.2 Å². The number of ketones is 1. The summed E-state index contributed by atoms with van der Waals surface area (Å²) < 4.78 is 23.2. The molecule has 4 heterocycles. The van der Waals surface area contributed by atoms with Crippen LogP contribution in [0.2, 0.25) is 0 Å². The molecule has 18 heteroatoms. The topological polar surface area (TPSA) is 224 Å². The molecule has 3 amide bonds. The molecule has 0 bridgehead atoms. The Morgan fingerprint density at radius 1 is 1.00 bits per heavy atom. The Labute approximate surface area is 330 Å². The number of hydrogen-bond donors (Lipinski definition) is 3. The second-order valence-corrected chi connectivity index (χ2v) is 14.0. The van der Waals surface area contributed by atoms with Gasteiger partial charge in [-0.05, 0) is 57.5 Å². The lowest BCUT2D eigenvalue weighted by molar-refractivity contribution is 0.0981. The van der Waals surface area contributed by atoms with Crippen LogP contribution in [-0.2, 0) is 26.1 Å². The number of amides is 3. The number of allylic oxidation sites excluding steroid dienone is 2. The number of carbonyl (C=O) groups is 4. The number of nitrogens with two attached hydrogens (primary N) is 1. The Hall–Kier alpha value is -6.40. The Balaban J connectivity index is 1.44. The van der Waals surface area contributed by atoms with Gasteiger partial charge in [-0.2, -0.15) is 10.1 Å². The van der Waals surface area contributed by atoms with Gasteiger partial charge in [-0.3, -0.25) is 29.2 Å². The highest BCUT2D eigenvalue weighted by Gasteiger charge is 2.24. The first kappa shape index (κ1) is 40.3. The predicted octanol–water partition coefficient (Wildman–Crippen LogP) is 4.76. The fourth-order valence-corrected chi connectivity index (χ4v) is 7.39. The predicted molar refractivity (Wildman–Crippen MR) is 212 cm³/mol. The molecule has 0 radical (unpaired) electrons. The van der Waals surface area contributed by atoms with Gasteiger partial charge < -0.3 is 33.9 Å². The van der Waals surface area contributed by atoms with E-state index >= 15 is 0 Å². The summed E-state index contributed by atoms with van der Waals surface area (Å²) in [4.78, 5) is 65.8. The average Bonchev–Trinajstić information content (AvgIpc) is 3.95. The number of nitrogens with zero attached hydrogens (tertiary/aromatic N) is 7.